The van der Waals surface area contributed by atoms with Crippen molar-refractivity contribution >= 4 is 22.6 Å². The van der Waals surface area contributed by atoms with Crippen LogP contribution in [0, 0.1) is 5.92 Å². The van der Waals surface area contributed by atoms with Crippen molar-refractivity contribution < 1.29 is 4.74 Å². The number of alkyl halides is 1. The summed E-state index contributed by atoms with van der Waals surface area (Å²) in [6, 6.07) is 2.28. The zero-order chi connectivity index (χ0) is 14.5. The highest BCUT2D eigenvalue weighted by molar-refractivity contribution is 6.17. The molecule has 0 fully saturated rings. The van der Waals surface area contributed by atoms with Crippen molar-refractivity contribution in [3.05, 3.63) is 24.3 Å². The number of pyridine rings is 1. The fourth-order valence-corrected chi connectivity index (χ4v) is 2.60. The molecule has 0 saturated heterocycles. The average Bonchev–Trinajstić information content (AvgIpc) is 2.78. The van der Waals surface area contributed by atoms with Gasteiger partial charge in [0.15, 0.2) is 0 Å². The lowest BCUT2D eigenvalue weighted by Crippen LogP contribution is -2.23. The third kappa shape index (κ3) is 3.13. The van der Waals surface area contributed by atoms with Gasteiger partial charge in [0.2, 0.25) is 0 Å². The summed E-state index contributed by atoms with van der Waals surface area (Å²) in [5, 5.41) is 0. The standard InChI is InChI=1S/C15H22ClN3O/c1-4-20-10-14(11(2)3)19-13-6-8-17-9-12(13)18-15(19)5-7-16/h6,8-9,11,14H,4-5,7,10H2,1-3H3. The molecule has 0 aliphatic rings. The lowest BCUT2D eigenvalue weighted by molar-refractivity contribution is 0.0969. The Morgan fingerprint density at radius 3 is 2.85 bits per heavy atom. The Morgan fingerprint density at radius 1 is 1.40 bits per heavy atom. The summed E-state index contributed by atoms with van der Waals surface area (Å²) in [4.78, 5) is 8.83. The van der Waals surface area contributed by atoms with E-state index in [-0.39, 0.29) is 6.04 Å². The Bertz CT molecular complexity index is 553. The third-order valence-electron chi connectivity index (χ3n) is 3.48. The van der Waals surface area contributed by atoms with Crippen molar-refractivity contribution in [1.29, 1.82) is 0 Å². The summed E-state index contributed by atoms with van der Waals surface area (Å²) < 4.78 is 7.94. The molecular weight excluding hydrogens is 274 g/mol. The van der Waals surface area contributed by atoms with Gasteiger partial charge in [-0.1, -0.05) is 13.8 Å². The molecule has 20 heavy (non-hydrogen) atoms. The highest BCUT2D eigenvalue weighted by atomic mass is 35.5. The quantitative estimate of drug-likeness (QED) is 0.735. The van der Waals surface area contributed by atoms with Crippen LogP contribution in [0.1, 0.15) is 32.6 Å². The Hall–Kier alpha value is -1.13. The van der Waals surface area contributed by atoms with Crippen LogP contribution in [0.15, 0.2) is 18.5 Å². The first-order valence-electron chi connectivity index (χ1n) is 7.13. The van der Waals surface area contributed by atoms with Crippen LogP contribution in [0.25, 0.3) is 11.0 Å². The zero-order valence-electron chi connectivity index (χ0n) is 12.3. The van der Waals surface area contributed by atoms with E-state index in [0.29, 0.717) is 18.4 Å². The highest BCUT2D eigenvalue weighted by Crippen LogP contribution is 2.26. The largest absolute Gasteiger partial charge is 0.380 e. The SMILES string of the molecule is CCOCC(C(C)C)n1c(CCCl)nc2cnccc21. The number of aromatic nitrogens is 3. The number of aryl methyl sites for hydroxylation is 1. The van der Waals surface area contributed by atoms with E-state index in [1.807, 2.05) is 25.4 Å². The van der Waals surface area contributed by atoms with Crippen LogP contribution in [0.4, 0.5) is 0 Å². The maximum Gasteiger partial charge on any atom is 0.111 e. The molecule has 0 aliphatic carbocycles. The van der Waals surface area contributed by atoms with Crippen LogP contribution in [0.3, 0.4) is 0 Å². The number of hydrogen-bond acceptors (Lipinski definition) is 3. The van der Waals surface area contributed by atoms with Gasteiger partial charge in [-0.2, -0.15) is 0 Å². The molecule has 2 heterocycles. The van der Waals surface area contributed by atoms with Crippen molar-refractivity contribution in [2.75, 3.05) is 19.1 Å². The van der Waals surface area contributed by atoms with Gasteiger partial charge in [-0.05, 0) is 18.9 Å². The lowest BCUT2D eigenvalue weighted by atomic mass is 10.0. The fraction of sp³-hybridized carbons (Fsp3) is 0.600. The van der Waals surface area contributed by atoms with Crippen LogP contribution >= 0.6 is 11.6 Å². The van der Waals surface area contributed by atoms with Crippen LogP contribution in [0.5, 0.6) is 0 Å². The van der Waals surface area contributed by atoms with E-state index in [1.165, 1.54) is 0 Å². The molecule has 0 aromatic carbocycles. The Morgan fingerprint density at radius 2 is 2.20 bits per heavy atom. The number of hydrogen-bond donors (Lipinski definition) is 0. The van der Waals surface area contributed by atoms with Gasteiger partial charge in [0.25, 0.3) is 0 Å². The van der Waals surface area contributed by atoms with Crippen LogP contribution in [-0.4, -0.2) is 33.6 Å². The van der Waals surface area contributed by atoms with E-state index >= 15 is 0 Å². The molecule has 1 unspecified atom stereocenters. The van der Waals surface area contributed by atoms with Crippen molar-refractivity contribution in [1.82, 2.24) is 14.5 Å². The second-order valence-corrected chi connectivity index (χ2v) is 5.55. The Kier molecular flexibility index (Phi) is 5.38. The summed E-state index contributed by atoms with van der Waals surface area (Å²) in [7, 11) is 0. The van der Waals surface area contributed by atoms with Crippen molar-refractivity contribution in [2.24, 2.45) is 5.92 Å². The third-order valence-corrected chi connectivity index (χ3v) is 3.67. The summed E-state index contributed by atoms with van der Waals surface area (Å²) >= 11 is 5.92. The topological polar surface area (TPSA) is 39.9 Å². The molecule has 0 spiro atoms. The Labute approximate surface area is 125 Å². The molecule has 1 atom stereocenters. The molecule has 2 aromatic rings. The van der Waals surface area contributed by atoms with Gasteiger partial charge >= 0.3 is 0 Å². The van der Waals surface area contributed by atoms with Gasteiger partial charge in [-0.15, -0.1) is 11.6 Å². The highest BCUT2D eigenvalue weighted by Gasteiger charge is 2.22. The minimum atomic E-state index is 0.264. The van der Waals surface area contributed by atoms with E-state index in [1.54, 1.807) is 0 Å². The average molecular weight is 296 g/mol. The van der Waals surface area contributed by atoms with Crippen LogP contribution in [-0.2, 0) is 11.2 Å². The second-order valence-electron chi connectivity index (χ2n) is 5.17. The number of nitrogens with zero attached hydrogens (tertiary/aromatic N) is 3. The molecule has 4 nitrogen and oxygen atoms in total. The van der Waals surface area contributed by atoms with E-state index in [0.717, 1.165) is 29.9 Å². The van der Waals surface area contributed by atoms with E-state index < -0.39 is 0 Å². The summed E-state index contributed by atoms with van der Waals surface area (Å²) in [6.07, 6.45) is 4.37. The first-order valence-corrected chi connectivity index (χ1v) is 7.67. The minimum Gasteiger partial charge on any atom is -0.380 e. The van der Waals surface area contributed by atoms with E-state index in [2.05, 4.69) is 28.4 Å². The van der Waals surface area contributed by atoms with Gasteiger partial charge in [-0.25, -0.2) is 4.98 Å². The molecule has 5 heteroatoms. The Balaban J connectivity index is 2.49. The maximum atomic E-state index is 5.92. The number of ether oxygens (including phenoxy) is 1. The normalized spacial score (nSPS) is 13.2. The first-order chi connectivity index (χ1) is 9.69. The van der Waals surface area contributed by atoms with E-state index in [9.17, 15) is 0 Å². The van der Waals surface area contributed by atoms with E-state index in [4.69, 9.17) is 16.3 Å². The fourth-order valence-electron chi connectivity index (χ4n) is 2.44. The van der Waals surface area contributed by atoms with Gasteiger partial charge in [-0.3, -0.25) is 4.98 Å². The number of imidazole rings is 1. The number of fused-ring (bicyclic) bond motifs is 1. The van der Waals surface area contributed by atoms with Crippen LogP contribution in [0.2, 0.25) is 0 Å². The van der Waals surface area contributed by atoms with Gasteiger partial charge in [0.1, 0.15) is 11.3 Å². The molecular formula is C15H22ClN3O. The summed E-state index contributed by atoms with van der Waals surface area (Å²) in [5.74, 6) is 2.04. The van der Waals surface area contributed by atoms with Crippen molar-refractivity contribution in [2.45, 2.75) is 33.2 Å². The molecule has 0 amide bonds. The predicted molar refractivity (Wildman–Crippen MR) is 82.3 cm³/mol. The molecule has 0 N–H and O–H groups in total. The maximum absolute atomic E-state index is 5.92. The molecule has 0 bridgehead atoms. The molecule has 0 radical (unpaired) electrons. The van der Waals surface area contributed by atoms with Gasteiger partial charge in [0.05, 0.1) is 24.4 Å². The van der Waals surface area contributed by atoms with Crippen molar-refractivity contribution in [3.63, 3.8) is 0 Å². The van der Waals surface area contributed by atoms with Gasteiger partial charge in [0, 0.05) is 25.1 Å². The smallest absolute Gasteiger partial charge is 0.111 e. The first kappa shape index (κ1) is 15.3. The molecule has 2 aromatic heterocycles. The molecule has 110 valence electrons. The predicted octanol–water partition coefficient (Wildman–Crippen LogP) is 3.45. The van der Waals surface area contributed by atoms with Crippen LogP contribution < -0.4 is 0 Å². The number of rotatable bonds is 7. The molecule has 0 saturated carbocycles. The zero-order valence-corrected chi connectivity index (χ0v) is 13.1. The lowest BCUT2D eigenvalue weighted by Gasteiger charge is -2.25. The second kappa shape index (κ2) is 7.04. The summed E-state index contributed by atoms with van der Waals surface area (Å²) in [6.45, 7) is 7.86. The summed E-state index contributed by atoms with van der Waals surface area (Å²) in [5.41, 5.74) is 2.04. The molecule has 2 rings (SSSR count). The monoisotopic (exact) mass is 295 g/mol. The minimum absolute atomic E-state index is 0.264. The van der Waals surface area contributed by atoms with Gasteiger partial charge < -0.3 is 9.30 Å². The molecule has 0 aliphatic heterocycles. The number of halogens is 1. The van der Waals surface area contributed by atoms with Crippen molar-refractivity contribution in [3.8, 4) is 0 Å².